The Bertz CT molecular complexity index is 507. The van der Waals surface area contributed by atoms with Gasteiger partial charge in [-0.1, -0.05) is 6.07 Å². The molecule has 5 nitrogen and oxygen atoms in total. The molecule has 100 valence electrons. The topological polar surface area (TPSA) is 66.9 Å². The maximum atomic E-state index is 11.9. The Kier molecular flexibility index (Phi) is 5.75. The van der Waals surface area contributed by atoms with Gasteiger partial charge in [0, 0.05) is 24.3 Å². The predicted molar refractivity (Wildman–Crippen MR) is 77.4 cm³/mol. The van der Waals surface area contributed by atoms with Crippen LogP contribution in [-0.2, 0) is 4.79 Å². The van der Waals surface area contributed by atoms with E-state index in [2.05, 4.69) is 20.6 Å². The van der Waals surface area contributed by atoms with E-state index in [1.165, 1.54) is 0 Å². The van der Waals surface area contributed by atoms with Crippen LogP contribution in [0.4, 0.5) is 11.5 Å². The Morgan fingerprint density at radius 1 is 1.16 bits per heavy atom. The lowest BCUT2D eigenvalue weighted by atomic mass is 10.3. The van der Waals surface area contributed by atoms with Crippen molar-refractivity contribution in [3.8, 4) is 0 Å². The van der Waals surface area contributed by atoms with Crippen molar-refractivity contribution in [1.82, 2.24) is 9.97 Å². The summed E-state index contributed by atoms with van der Waals surface area (Å²) in [5.74, 6) is 0.557. The van der Waals surface area contributed by atoms with Crippen LogP contribution in [0.5, 0.6) is 0 Å². The maximum absolute atomic E-state index is 11.9. The molecule has 0 unspecified atom stereocenters. The third-order valence-electron chi connectivity index (χ3n) is 2.37. The van der Waals surface area contributed by atoms with Gasteiger partial charge in [0.15, 0.2) is 0 Å². The van der Waals surface area contributed by atoms with E-state index in [0.29, 0.717) is 5.82 Å². The molecular formula is C13H15ClN4O. The van der Waals surface area contributed by atoms with E-state index in [-0.39, 0.29) is 24.4 Å². The maximum Gasteiger partial charge on any atom is 0.246 e. The lowest BCUT2D eigenvalue weighted by Gasteiger charge is -2.14. The Balaban J connectivity index is 0.00000180. The summed E-state index contributed by atoms with van der Waals surface area (Å²) in [6, 6.07) is 8.62. The second-order valence-electron chi connectivity index (χ2n) is 3.81. The van der Waals surface area contributed by atoms with Gasteiger partial charge < -0.3 is 10.6 Å². The van der Waals surface area contributed by atoms with Gasteiger partial charge >= 0.3 is 0 Å². The molecular weight excluding hydrogens is 264 g/mol. The molecule has 0 saturated heterocycles. The standard InChI is InChI=1S/C13H14N4O.ClH/c1-10(16-12-4-2-3-7-15-12)13(18)17-11-5-8-14-9-6-11;/h2-10H,1H3,(H,15,16)(H,14,17,18);1H/t10-;/m1./s1. The Hall–Kier alpha value is -2.14. The summed E-state index contributed by atoms with van der Waals surface area (Å²) in [5.41, 5.74) is 0.727. The highest BCUT2D eigenvalue weighted by Gasteiger charge is 2.12. The predicted octanol–water partition coefficient (Wildman–Crippen LogP) is 2.34. The van der Waals surface area contributed by atoms with E-state index in [4.69, 9.17) is 0 Å². The second kappa shape index (κ2) is 7.33. The number of rotatable bonds is 4. The number of nitrogens with zero attached hydrogens (tertiary/aromatic N) is 2. The number of aromatic nitrogens is 2. The van der Waals surface area contributed by atoms with Crippen LogP contribution in [0.1, 0.15) is 6.92 Å². The van der Waals surface area contributed by atoms with Gasteiger partial charge in [-0.25, -0.2) is 4.98 Å². The highest BCUT2D eigenvalue weighted by atomic mass is 35.5. The van der Waals surface area contributed by atoms with Crippen molar-refractivity contribution in [3.05, 3.63) is 48.9 Å². The number of hydrogen-bond donors (Lipinski definition) is 2. The fourth-order valence-corrected chi connectivity index (χ4v) is 1.42. The molecule has 2 aromatic heterocycles. The highest BCUT2D eigenvalue weighted by molar-refractivity contribution is 5.96. The van der Waals surface area contributed by atoms with Gasteiger partial charge in [0.2, 0.25) is 5.91 Å². The van der Waals surface area contributed by atoms with E-state index < -0.39 is 0 Å². The molecule has 0 aliphatic carbocycles. The van der Waals surface area contributed by atoms with Crippen LogP contribution in [0.2, 0.25) is 0 Å². The molecule has 0 radical (unpaired) electrons. The fraction of sp³-hybridized carbons (Fsp3) is 0.154. The van der Waals surface area contributed by atoms with Crippen LogP contribution in [0.15, 0.2) is 48.9 Å². The van der Waals surface area contributed by atoms with E-state index in [9.17, 15) is 4.79 Å². The average molecular weight is 279 g/mol. The average Bonchev–Trinajstić information content (AvgIpc) is 2.41. The molecule has 0 saturated carbocycles. The molecule has 2 aromatic rings. The van der Waals surface area contributed by atoms with Crippen molar-refractivity contribution in [2.24, 2.45) is 0 Å². The Morgan fingerprint density at radius 2 is 1.89 bits per heavy atom. The van der Waals surface area contributed by atoms with Gasteiger partial charge in [0.1, 0.15) is 11.9 Å². The zero-order valence-electron chi connectivity index (χ0n) is 10.4. The summed E-state index contributed by atoms with van der Waals surface area (Å²) in [6.07, 6.45) is 4.94. The van der Waals surface area contributed by atoms with Crippen molar-refractivity contribution in [2.75, 3.05) is 10.6 Å². The number of halogens is 1. The first-order valence-corrected chi connectivity index (χ1v) is 5.64. The number of anilines is 2. The second-order valence-corrected chi connectivity index (χ2v) is 3.81. The third-order valence-corrected chi connectivity index (χ3v) is 2.37. The SMILES string of the molecule is C[C@@H](Nc1ccccn1)C(=O)Nc1ccncc1.Cl. The summed E-state index contributed by atoms with van der Waals surface area (Å²) in [4.78, 5) is 19.9. The van der Waals surface area contributed by atoms with E-state index in [1.54, 1.807) is 37.6 Å². The monoisotopic (exact) mass is 278 g/mol. The van der Waals surface area contributed by atoms with Gasteiger partial charge in [-0.15, -0.1) is 12.4 Å². The molecule has 1 amide bonds. The molecule has 6 heteroatoms. The van der Waals surface area contributed by atoms with Crippen LogP contribution in [0, 0.1) is 0 Å². The molecule has 2 heterocycles. The van der Waals surface area contributed by atoms with Gasteiger partial charge in [-0.05, 0) is 31.2 Å². The van der Waals surface area contributed by atoms with Crippen molar-refractivity contribution in [1.29, 1.82) is 0 Å². The Labute approximate surface area is 117 Å². The fourth-order valence-electron chi connectivity index (χ4n) is 1.42. The molecule has 0 spiro atoms. The molecule has 0 fully saturated rings. The summed E-state index contributed by atoms with van der Waals surface area (Å²) < 4.78 is 0. The van der Waals surface area contributed by atoms with Gasteiger partial charge in [0.05, 0.1) is 0 Å². The lowest BCUT2D eigenvalue weighted by Crippen LogP contribution is -2.32. The lowest BCUT2D eigenvalue weighted by molar-refractivity contribution is -0.116. The summed E-state index contributed by atoms with van der Waals surface area (Å²) in [5, 5.41) is 5.82. The van der Waals surface area contributed by atoms with Crippen LogP contribution in [0.25, 0.3) is 0 Å². The van der Waals surface area contributed by atoms with Crippen molar-refractivity contribution < 1.29 is 4.79 Å². The summed E-state index contributed by atoms with van der Waals surface area (Å²) >= 11 is 0. The van der Waals surface area contributed by atoms with Crippen LogP contribution < -0.4 is 10.6 Å². The molecule has 2 rings (SSSR count). The minimum atomic E-state index is -0.368. The quantitative estimate of drug-likeness (QED) is 0.901. The number of carbonyl (C=O) groups excluding carboxylic acids is 1. The number of nitrogens with one attached hydrogen (secondary N) is 2. The minimum Gasteiger partial charge on any atom is -0.359 e. The third kappa shape index (κ3) is 4.56. The smallest absolute Gasteiger partial charge is 0.246 e. The summed E-state index contributed by atoms with van der Waals surface area (Å²) in [7, 11) is 0. The first kappa shape index (κ1) is 14.9. The minimum absolute atomic E-state index is 0. The van der Waals surface area contributed by atoms with Crippen molar-refractivity contribution >= 4 is 29.8 Å². The highest BCUT2D eigenvalue weighted by Crippen LogP contribution is 2.07. The number of hydrogen-bond acceptors (Lipinski definition) is 4. The van der Waals surface area contributed by atoms with Gasteiger partial charge in [0.25, 0.3) is 0 Å². The van der Waals surface area contributed by atoms with Gasteiger partial charge in [-0.2, -0.15) is 0 Å². The van der Waals surface area contributed by atoms with Crippen LogP contribution >= 0.6 is 12.4 Å². The Morgan fingerprint density at radius 3 is 2.53 bits per heavy atom. The normalized spacial score (nSPS) is 11.0. The number of carbonyl (C=O) groups is 1. The zero-order chi connectivity index (χ0) is 12.8. The molecule has 0 aliphatic heterocycles. The zero-order valence-corrected chi connectivity index (χ0v) is 11.2. The summed E-state index contributed by atoms with van der Waals surface area (Å²) in [6.45, 7) is 1.78. The molecule has 2 N–H and O–H groups in total. The molecule has 0 aliphatic rings. The number of pyridine rings is 2. The van der Waals surface area contributed by atoms with Crippen molar-refractivity contribution in [3.63, 3.8) is 0 Å². The number of amides is 1. The van der Waals surface area contributed by atoms with Crippen LogP contribution in [-0.4, -0.2) is 21.9 Å². The van der Waals surface area contributed by atoms with Gasteiger partial charge in [-0.3, -0.25) is 9.78 Å². The molecule has 0 aromatic carbocycles. The van der Waals surface area contributed by atoms with Crippen LogP contribution in [0.3, 0.4) is 0 Å². The van der Waals surface area contributed by atoms with Crippen molar-refractivity contribution in [2.45, 2.75) is 13.0 Å². The molecule has 19 heavy (non-hydrogen) atoms. The first-order valence-electron chi connectivity index (χ1n) is 5.64. The molecule has 1 atom stereocenters. The largest absolute Gasteiger partial charge is 0.359 e. The van der Waals surface area contributed by atoms with E-state index in [0.717, 1.165) is 5.69 Å². The van der Waals surface area contributed by atoms with E-state index in [1.807, 2.05) is 18.2 Å². The first-order chi connectivity index (χ1) is 8.75. The molecule has 0 bridgehead atoms. The van der Waals surface area contributed by atoms with E-state index >= 15 is 0 Å².